The van der Waals surface area contributed by atoms with Crippen LogP contribution in [-0.4, -0.2) is 7.11 Å². The number of benzene rings is 3. The minimum absolute atomic E-state index is 0.260. The minimum atomic E-state index is -0.260. The SMILES string of the molecule is COc1cc(CNc2ccc(F)cc2)cc(I)c1OCc1ccc(Cl)cc1Cl. The zero-order valence-electron chi connectivity index (χ0n) is 14.9. The lowest BCUT2D eigenvalue weighted by molar-refractivity contribution is 0.282. The fourth-order valence-corrected chi connectivity index (χ4v) is 3.86. The third-order valence-corrected chi connectivity index (χ3v) is 5.41. The molecule has 0 radical (unpaired) electrons. The van der Waals surface area contributed by atoms with Crippen LogP contribution in [0.3, 0.4) is 0 Å². The number of anilines is 1. The predicted octanol–water partition coefficient (Wildman–Crippen LogP) is 6.94. The van der Waals surface area contributed by atoms with Crippen LogP contribution in [0, 0.1) is 9.39 Å². The van der Waals surface area contributed by atoms with Crippen LogP contribution >= 0.6 is 45.8 Å². The van der Waals surface area contributed by atoms with Crippen LogP contribution in [0.15, 0.2) is 54.6 Å². The second kappa shape index (κ2) is 9.67. The number of hydrogen-bond acceptors (Lipinski definition) is 3. The summed E-state index contributed by atoms with van der Waals surface area (Å²) in [4.78, 5) is 0. The van der Waals surface area contributed by atoms with Crippen molar-refractivity contribution in [3.8, 4) is 11.5 Å². The Morgan fingerprint density at radius 2 is 1.79 bits per heavy atom. The van der Waals surface area contributed by atoms with Crippen LogP contribution in [-0.2, 0) is 13.2 Å². The second-order valence-corrected chi connectivity index (χ2v) is 8.00. The molecule has 7 heteroatoms. The molecule has 0 heterocycles. The van der Waals surface area contributed by atoms with E-state index >= 15 is 0 Å². The summed E-state index contributed by atoms with van der Waals surface area (Å²) in [6.07, 6.45) is 0. The lowest BCUT2D eigenvalue weighted by Crippen LogP contribution is -2.04. The Balaban J connectivity index is 1.72. The Hall–Kier alpha value is -1.70. The van der Waals surface area contributed by atoms with E-state index in [0.717, 1.165) is 20.4 Å². The molecule has 0 aliphatic heterocycles. The van der Waals surface area contributed by atoms with Crippen molar-refractivity contribution in [2.45, 2.75) is 13.2 Å². The van der Waals surface area contributed by atoms with Gasteiger partial charge in [0.2, 0.25) is 0 Å². The molecule has 3 aromatic rings. The van der Waals surface area contributed by atoms with Gasteiger partial charge in [0.15, 0.2) is 11.5 Å². The molecule has 0 aliphatic carbocycles. The van der Waals surface area contributed by atoms with Crippen LogP contribution < -0.4 is 14.8 Å². The maximum absolute atomic E-state index is 13.0. The molecule has 1 N–H and O–H groups in total. The Kier molecular flexibility index (Phi) is 7.26. The van der Waals surface area contributed by atoms with Gasteiger partial charge in [-0.25, -0.2) is 4.39 Å². The molecule has 0 saturated heterocycles. The quantitative estimate of drug-likeness (QED) is 0.335. The van der Waals surface area contributed by atoms with Crippen molar-refractivity contribution in [3.63, 3.8) is 0 Å². The molecule has 28 heavy (non-hydrogen) atoms. The molecule has 3 rings (SSSR count). The number of halogens is 4. The molecule has 3 nitrogen and oxygen atoms in total. The fraction of sp³-hybridized carbons (Fsp3) is 0.143. The van der Waals surface area contributed by atoms with Crippen molar-refractivity contribution in [3.05, 3.63) is 85.2 Å². The number of nitrogens with one attached hydrogen (secondary N) is 1. The fourth-order valence-electron chi connectivity index (χ4n) is 2.58. The third kappa shape index (κ3) is 5.43. The van der Waals surface area contributed by atoms with Gasteiger partial charge in [-0.15, -0.1) is 0 Å². The maximum atomic E-state index is 13.0. The van der Waals surface area contributed by atoms with Gasteiger partial charge in [-0.2, -0.15) is 0 Å². The molecular weight excluding hydrogens is 515 g/mol. The number of ether oxygens (including phenoxy) is 2. The van der Waals surface area contributed by atoms with Crippen molar-refractivity contribution in [1.29, 1.82) is 0 Å². The summed E-state index contributed by atoms with van der Waals surface area (Å²) in [5.41, 5.74) is 2.70. The first-order chi connectivity index (χ1) is 13.5. The highest BCUT2D eigenvalue weighted by molar-refractivity contribution is 14.1. The Morgan fingerprint density at radius 3 is 2.46 bits per heavy atom. The van der Waals surface area contributed by atoms with Crippen molar-refractivity contribution in [1.82, 2.24) is 0 Å². The van der Waals surface area contributed by atoms with E-state index in [1.165, 1.54) is 12.1 Å². The standard InChI is InChI=1S/C21H17Cl2FINO2/c1-27-20-9-13(11-26-17-6-4-16(24)5-7-17)8-19(25)21(20)28-12-14-2-3-15(22)10-18(14)23/h2-10,26H,11-12H2,1H3. The monoisotopic (exact) mass is 531 g/mol. The molecule has 0 amide bonds. The van der Waals surface area contributed by atoms with E-state index in [-0.39, 0.29) is 5.82 Å². The van der Waals surface area contributed by atoms with Crippen LogP contribution in [0.1, 0.15) is 11.1 Å². The highest BCUT2D eigenvalue weighted by Gasteiger charge is 2.13. The molecule has 0 spiro atoms. The topological polar surface area (TPSA) is 30.5 Å². The predicted molar refractivity (Wildman–Crippen MR) is 120 cm³/mol. The minimum Gasteiger partial charge on any atom is -0.493 e. The zero-order valence-corrected chi connectivity index (χ0v) is 18.6. The number of methoxy groups -OCH3 is 1. The smallest absolute Gasteiger partial charge is 0.174 e. The summed E-state index contributed by atoms with van der Waals surface area (Å²) in [6, 6.07) is 15.5. The number of hydrogen-bond donors (Lipinski definition) is 1. The van der Waals surface area contributed by atoms with Crippen LogP contribution in [0.4, 0.5) is 10.1 Å². The summed E-state index contributed by atoms with van der Waals surface area (Å²) in [5, 5.41) is 4.40. The molecule has 3 aromatic carbocycles. The summed E-state index contributed by atoms with van der Waals surface area (Å²) in [5.74, 6) is 1.02. The molecule has 0 atom stereocenters. The lowest BCUT2D eigenvalue weighted by atomic mass is 10.2. The summed E-state index contributed by atoms with van der Waals surface area (Å²) in [7, 11) is 1.60. The maximum Gasteiger partial charge on any atom is 0.174 e. The van der Waals surface area contributed by atoms with Gasteiger partial charge in [-0.05, 0) is 76.7 Å². The van der Waals surface area contributed by atoms with Crippen LogP contribution in [0.2, 0.25) is 10.0 Å². The van der Waals surface area contributed by atoms with Crippen LogP contribution in [0.5, 0.6) is 11.5 Å². The Bertz CT molecular complexity index is 967. The molecular formula is C21H17Cl2FINO2. The van der Waals surface area contributed by atoms with E-state index in [1.54, 1.807) is 31.4 Å². The molecule has 0 aliphatic rings. The first-order valence-electron chi connectivity index (χ1n) is 8.39. The summed E-state index contributed by atoms with van der Waals surface area (Å²) < 4.78 is 25.4. The van der Waals surface area contributed by atoms with E-state index in [2.05, 4.69) is 27.9 Å². The van der Waals surface area contributed by atoms with Crippen molar-refractivity contribution < 1.29 is 13.9 Å². The van der Waals surface area contributed by atoms with Gasteiger partial charge in [0.05, 0.1) is 10.7 Å². The molecule has 0 aromatic heterocycles. The van der Waals surface area contributed by atoms with E-state index in [4.69, 9.17) is 32.7 Å². The first kappa shape index (κ1) is 21.0. The van der Waals surface area contributed by atoms with Gasteiger partial charge in [0, 0.05) is 27.8 Å². The van der Waals surface area contributed by atoms with Gasteiger partial charge in [0.1, 0.15) is 12.4 Å². The van der Waals surface area contributed by atoms with Gasteiger partial charge in [-0.3, -0.25) is 0 Å². The Labute approximate surface area is 186 Å². The van der Waals surface area contributed by atoms with Crippen molar-refractivity contribution >= 4 is 51.5 Å². The van der Waals surface area contributed by atoms with Crippen molar-refractivity contribution in [2.24, 2.45) is 0 Å². The van der Waals surface area contributed by atoms with E-state index in [1.807, 2.05) is 18.2 Å². The molecule has 0 fully saturated rings. The molecule has 0 bridgehead atoms. The number of rotatable bonds is 7. The van der Waals surface area contributed by atoms with E-state index in [9.17, 15) is 4.39 Å². The van der Waals surface area contributed by atoms with Gasteiger partial charge < -0.3 is 14.8 Å². The highest BCUT2D eigenvalue weighted by atomic mass is 127. The second-order valence-electron chi connectivity index (χ2n) is 5.99. The van der Waals surface area contributed by atoms with E-state index in [0.29, 0.717) is 34.7 Å². The summed E-state index contributed by atoms with van der Waals surface area (Å²) >= 11 is 14.4. The van der Waals surface area contributed by atoms with Gasteiger partial charge >= 0.3 is 0 Å². The summed E-state index contributed by atoms with van der Waals surface area (Å²) in [6.45, 7) is 0.872. The average Bonchev–Trinajstić information content (AvgIpc) is 2.67. The van der Waals surface area contributed by atoms with E-state index < -0.39 is 0 Å². The first-order valence-corrected chi connectivity index (χ1v) is 10.2. The molecule has 0 unspecified atom stereocenters. The van der Waals surface area contributed by atoms with Gasteiger partial charge in [0.25, 0.3) is 0 Å². The normalized spacial score (nSPS) is 10.6. The molecule has 0 saturated carbocycles. The lowest BCUT2D eigenvalue weighted by Gasteiger charge is -2.16. The highest BCUT2D eigenvalue weighted by Crippen LogP contribution is 2.35. The Morgan fingerprint density at radius 1 is 1.04 bits per heavy atom. The third-order valence-electron chi connectivity index (χ3n) is 4.02. The molecule has 146 valence electrons. The zero-order chi connectivity index (χ0) is 20.1. The van der Waals surface area contributed by atoms with Crippen LogP contribution in [0.25, 0.3) is 0 Å². The van der Waals surface area contributed by atoms with Gasteiger partial charge in [-0.1, -0.05) is 29.3 Å². The largest absolute Gasteiger partial charge is 0.493 e. The van der Waals surface area contributed by atoms with Crippen molar-refractivity contribution in [2.75, 3.05) is 12.4 Å². The average molecular weight is 532 g/mol.